The van der Waals surface area contributed by atoms with Crippen molar-refractivity contribution in [3.05, 3.63) is 33.3 Å². The van der Waals surface area contributed by atoms with Gasteiger partial charge in [0.1, 0.15) is 5.78 Å². The van der Waals surface area contributed by atoms with Crippen LogP contribution in [0.15, 0.2) is 22.7 Å². The number of Topliss-reactive ketones (excluding diaryl/α,β-unsaturated/α-hetero) is 1. The van der Waals surface area contributed by atoms with Gasteiger partial charge in [-0.3, -0.25) is 4.79 Å². The molecule has 0 aliphatic carbocycles. The van der Waals surface area contributed by atoms with Gasteiger partial charge in [-0.05, 0) is 30.5 Å². The van der Waals surface area contributed by atoms with Gasteiger partial charge >= 0.3 is 0 Å². The van der Waals surface area contributed by atoms with E-state index < -0.39 is 0 Å². The van der Waals surface area contributed by atoms with Crippen LogP contribution in [0.1, 0.15) is 24.8 Å². The molecule has 4 heteroatoms. The number of benzene rings is 1. The van der Waals surface area contributed by atoms with Crippen molar-refractivity contribution >= 4 is 33.3 Å². The fourth-order valence-corrected chi connectivity index (χ4v) is 2.75. The molecule has 1 unspecified atom stereocenters. The van der Waals surface area contributed by atoms with Gasteiger partial charge < -0.3 is 4.74 Å². The maximum absolute atomic E-state index is 11.9. The van der Waals surface area contributed by atoms with Crippen LogP contribution in [0.4, 0.5) is 0 Å². The number of rotatable bonds is 4. The highest BCUT2D eigenvalue weighted by molar-refractivity contribution is 9.10. The monoisotopic (exact) mass is 316 g/mol. The lowest BCUT2D eigenvalue weighted by molar-refractivity contribution is -0.120. The summed E-state index contributed by atoms with van der Waals surface area (Å²) in [6, 6.07) is 5.61. The molecule has 0 amide bonds. The zero-order valence-corrected chi connectivity index (χ0v) is 11.8. The number of carbonyl (C=O) groups is 1. The first-order valence-corrected chi connectivity index (χ1v) is 6.89. The molecule has 0 aromatic heterocycles. The fraction of sp³-hybridized carbons (Fsp3) is 0.462. The second-order valence-electron chi connectivity index (χ2n) is 4.29. The zero-order valence-electron chi connectivity index (χ0n) is 9.42. The van der Waals surface area contributed by atoms with E-state index in [9.17, 15) is 4.79 Å². The molecular formula is C13H14BrClO2. The number of ketones is 1. The van der Waals surface area contributed by atoms with Crippen LogP contribution in [0.2, 0.25) is 5.02 Å². The average molecular weight is 318 g/mol. The first kappa shape index (κ1) is 13.1. The summed E-state index contributed by atoms with van der Waals surface area (Å²) in [7, 11) is 0. The van der Waals surface area contributed by atoms with Crippen LogP contribution in [0.25, 0.3) is 0 Å². The third kappa shape index (κ3) is 3.80. The van der Waals surface area contributed by atoms with E-state index in [2.05, 4.69) is 15.9 Å². The van der Waals surface area contributed by atoms with Gasteiger partial charge in [0.15, 0.2) is 0 Å². The minimum absolute atomic E-state index is 0.122. The van der Waals surface area contributed by atoms with Gasteiger partial charge in [0.25, 0.3) is 0 Å². The molecule has 1 saturated heterocycles. The van der Waals surface area contributed by atoms with Crippen molar-refractivity contribution in [3.8, 4) is 0 Å². The third-order valence-corrected chi connectivity index (χ3v) is 3.73. The molecule has 92 valence electrons. The third-order valence-electron chi connectivity index (χ3n) is 2.88. The lowest BCUT2D eigenvalue weighted by atomic mass is 10.0. The highest BCUT2D eigenvalue weighted by Crippen LogP contribution is 2.23. The lowest BCUT2D eigenvalue weighted by Crippen LogP contribution is -2.14. The Bertz CT molecular complexity index is 414. The maximum atomic E-state index is 11.9. The van der Waals surface area contributed by atoms with Crippen LogP contribution < -0.4 is 0 Å². The number of carbonyl (C=O) groups excluding carboxylic acids is 1. The summed E-state index contributed by atoms with van der Waals surface area (Å²) in [5, 5.41) is 0.639. The van der Waals surface area contributed by atoms with Crippen molar-refractivity contribution in [1.29, 1.82) is 0 Å². The molecule has 1 aromatic carbocycles. The van der Waals surface area contributed by atoms with E-state index in [1.807, 2.05) is 18.2 Å². The van der Waals surface area contributed by atoms with E-state index in [0.29, 0.717) is 17.9 Å². The fourth-order valence-electron chi connectivity index (χ4n) is 2.01. The van der Waals surface area contributed by atoms with Gasteiger partial charge in [0.2, 0.25) is 0 Å². The Morgan fingerprint density at radius 2 is 2.35 bits per heavy atom. The molecule has 1 heterocycles. The highest BCUT2D eigenvalue weighted by Gasteiger charge is 2.19. The minimum atomic E-state index is 0.122. The van der Waals surface area contributed by atoms with Gasteiger partial charge in [0, 0.05) is 28.9 Å². The topological polar surface area (TPSA) is 26.3 Å². The van der Waals surface area contributed by atoms with Crippen molar-refractivity contribution in [3.63, 3.8) is 0 Å². The predicted octanol–water partition coefficient (Wildman–Crippen LogP) is 3.78. The van der Waals surface area contributed by atoms with E-state index in [0.717, 1.165) is 29.5 Å². The van der Waals surface area contributed by atoms with Crippen LogP contribution in [-0.2, 0) is 16.0 Å². The Morgan fingerprint density at radius 1 is 1.53 bits per heavy atom. The molecule has 0 N–H and O–H groups in total. The molecule has 1 aliphatic rings. The van der Waals surface area contributed by atoms with Crippen LogP contribution in [-0.4, -0.2) is 18.5 Å². The van der Waals surface area contributed by atoms with Gasteiger partial charge in [0.05, 0.1) is 6.10 Å². The molecule has 0 spiro atoms. The second kappa shape index (κ2) is 5.98. The van der Waals surface area contributed by atoms with Crippen molar-refractivity contribution in [2.75, 3.05) is 6.61 Å². The van der Waals surface area contributed by atoms with Crippen molar-refractivity contribution < 1.29 is 9.53 Å². The summed E-state index contributed by atoms with van der Waals surface area (Å²) < 4.78 is 6.38. The number of hydrogen-bond acceptors (Lipinski definition) is 2. The van der Waals surface area contributed by atoms with Gasteiger partial charge in [-0.2, -0.15) is 0 Å². The normalized spacial score (nSPS) is 19.5. The molecule has 2 nitrogen and oxygen atoms in total. The molecule has 1 aromatic rings. The van der Waals surface area contributed by atoms with Gasteiger partial charge in [-0.15, -0.1) is 0 Å². The Hall–Kier alpha value is -0.380. The molecule has 1 atom stereocenters. The van der Waals surface area contributed by atoms with Crippen molar-refractivity contribution in [2.24, 2.45) is 0 Å². The largest absolute Gasteiger partial charge is 0.378 e. The summed E-state index contributed by atoms with van der Waals surface area (Å²) in [5.41, 5.74) is 0.887. The maximum Gasteiger partial charge on any atom is 0.139 e. The van der Waals surface area contributed by atoms with Crippen LogP contribution in [0.5, 0.6) is 0 Å². The van der Waals surface area contributed by atoms with E-state index in [1.54, 1.807) is 0 Å². The van der Waals surface area contributed by atoms with E-state index in [4.69, 9.17) is 16.3 Å². The SMILES string of the molecule is O=C(Cc1ccc(Br)cc1Cl)CC1CCCO1. The number of ether oxygens (including phenoxy) is 1. The molecule has 0 saturated carbocycles. The Kier molecular flexibility index (Phi) is 4.60. The Labute approximate surface area is 114 Å². The Balaban J connectivity index is 1.93. The number of halogens is 2. The predicted molar refractivity (Wildman–Crippen MR) is 71.5 cm³/mol. The highest BCUT2D eigenvalue weighted by atomic mass is 79.9. The first-order valence-electron chi connectivity index (χ1n) is 5.72. The Morgan fingerprint density at radius 3 is 3.00 bits per heavy atom. The molecule has 0 bridgehead atoms. The first-order chi connectivity index (χ1) is 8.15. The summed E-state index contributed by atoms with van der Waals surface area (Å²) in [6.07, 6.45) is 3.09. The molecule has 1 aliphatic heterocycles. The molecule has 17 heavy (non-hydrogen) atoms. The molecular weight excluding hydrogens is 303 g/mol. The summed E-state index contributed by atoms with van der Waals surface area (Å²) in [5.74, 6) is 0.195. The van der Waals surface area contributed by atoms with E-state index in [-0.39, 0.29) is 11.9 Å². The molecule has 1 fully saturated rings. The van der Waals surface area contributed by atoms with E-state index >= 15 is 0 Å². The average Bonchev–Trinajstić information content (AvgIpc) is 2.75. The number of hydrogen-bond donors (Lipinski definition) is 0. The second-order valence-corrected chi connectivity index (χ2v) is 5.61. The summed E-state index contributed by atoms with van der Waals surface area (Å²) >= 11 is 9.42. The van der Waals surface area contributed by atoms with Crippen molar-refractivity contribution in [1.82, 2.24) is 0 Å². The zero-order chi connectivity index (χ0) is 12.3. The van der Waals surface area contributed by atoms with Crippen LogP contribution in [0.3, 0.4) is 0 Å². The quantitative estimate of drug-likeness (QED) is 0.844. The minimum Gasteiger partial charge on any atom is -0.378 e. The molecule has 2 rings (SSSR count). The van der Waals surface area contributed by atoms with Crippen LogP contribution >= 0.6 is 27.5 Å². The van der Waals surface area contributed by atoms with Crippen LogP contribution in [0, 0.1) is 0 Å². The molecule has 0 radical (unpaired) electrons. The lowest BCUT2D eigenvalue weighted by Gasteiger charge is -2.09. The van der Waals surface area contributed by atoms with E-state index in [1.165, 1.54) is 0 Å². The van der Waals surface area contributed by atoms with Gasteiger partial charge in [-0.25, -0.2) is 0 Å². The summed E-state index contributed by atoms with van der Waals surface area (Å²) in [4.78, 5) is 11.9. The summed E-state index contributed by atoms with van der Waals surface area (Å²) in [6.45, 7) is 0.789. The standard InChI is InChI=1S/C13H14BrClO2/c14-10-4-3-9(13(15)7-10)6-11(16)8-12-2-1-5-17-12/h3-4,7,12H,1-2,5-6,8H2. The smallest absolute Gasteiger partial charge is 0.139 e. The van der Waals surface area contributed by atoms with Crippen molar-refractivity contribution in [2.45, 2.75) is 31.8 Å². The van der Waals surface area contributed by atoms with Gasteiger partial charge in [-0.1, -0.05) is 33.6 Å².